The zero-order valence-corrected chi connectivity index (χ0v) is 16.2. The van der Waals surface area contributed by atoms with E-state index in [1.165, 1.54) is 11.0 Å². The molecule has 1 heterocycles. The third-order valence-corrected chi connectivity index (χ3v) is 5.00. The summed E-state index contributed by atoms with van der Waals surface area (Å²) in [5.74, 6) is -0.645. The first-order valence-corrected chi connectivity index (χ1v) is 8.93. The fraction of sp³-hybridized carbons (Fsp3) is 0.211. The molecule has 26 heavy (non-hydrogen) atoms. The van der Waals surface area contributed by atoms with Crippen LogP contribution >= 0.6 is 15.9 Å². The maximum absolute atomic E-state index is 12.4. The largest absolute Gasteiger partial charge is 0.323 e. The standard InChI is InChI=1S/C19H18BrN3O3/c1-10(2)23-17(24)14-6-4-13(9-15(14)18(23)25)22-19(26)21-12-5-7-16(20)11(3)8-12/h4-10H,1-3H3,(H2,21,22,26). The Morgan fingerprint density at radius 3 is 2.15 bits per heavy atom. The number of anilines is 2. The lowest BCUT2D eigenvalue weighted by molar-refractivity contribution is 0.0609. The summed E-state index contributed by atoms with van der Waals surface area (Å²) in [5.41, 5.74) is 2.76. The molecule has 134 valence electrons. The molecule has 7 heteroatoms. The van der Waals surface area contributed by atoms with Crippen molar-refractivity contribution in [2.75, 3.05) is 10.6 Å². The molecule has 0 bridgehead atoms. The zero-order chi connectivity index (χ0) is 19.0. The lowest BCUT2D eigenvalue weighted by atomic mass is 10.1. The van der Waals surface area contributed by atoms with Gasteiger partial charge in [0.1, 0.15) is 0 Å². The van der Waals surface area contributed by atoms with E-state index < -0.39 is 6.03 Å². The summed E-state index contributed by atoms with van der Waals surface area (Å²) in [6.07, 6.45) is 0. The number of aryl methyl sites for hydroxylation is 1. The van der Waals surface area contributed by atoms with Crippen LogP contribution in [0.2, 0.25) is 0 Å². The van der Waals surface area contributed by atoms with E-state index in [2.05, 4.69) is 26.6 Å². The van der Waals surface area contributed by atoms with E-state index in [0.29, 0.717) is 22.5 Å². The van der Waals surface area contributed by atoms with Gasteiger partial charge < -0.3 is 10.6 Å². The van der Waals surface area contributed by atoms with Gasteiger partial charge in [0.25, 0.3) is 11.8 Å². The number of hydrogen-bond acceptors (Lipinski definition) is 3. The predicted molar refractivity (Wildman–Crippen MR) is 104 cm³/mol. The van der Waals surface area contributed by atoms with Gasteiger partial charge in [0.2, 0.25) is 0 Å². The summed E-state index contributed by atoms with van der Waals surface area (Å²) < 4.78 is 0.958. The molecule has 0 aliphatic carbocycles. The summed E-state index contributed by atoms with van der Waals surface area (Å²) in [7, 11) is 0. The van der Waals surface area contributed by atoms with Crippen molar-refractivity contribution in [2.24, 2.45) is 0 Å². The number of fused-ring (bicyclic) bond motifs is 1. The van der Waals surface area contributed by atoms with Crippen LogP contribution in [0.5, 0.6) is 0 Å². The molecule has 0 atom stereocenters. The first-order valence-electron chi connectivity index (χ1n) is 8.14. The normalized spacial score (nSPS) is 13.2. The number of imide groups is 1. The Kier molecular flexibility index (Phi) is 4.82. The number of nitrogens with zero attached hydrogens (tertiary/aromatic N) is 1. The second-order valence-electron chi connectivity index (χ2n) is 6.38. The molecule has 0 spiro atoms. The molecule has 6 nitrogen and oxygen atoms in total. The summed E-state index contributed by atoms with van der Waals surface area (Å²) in [6, 6.07) is 9.54. The number of carbonyl (C=O) groups is 3. The van der Waals surface area contributed by atoms with Crippen LogP contribution in [0.3, 0.4) is 0 Å². The van der Waals surface area contributed by atoms with Crippen LogP contribution < -0.4 is 10.6 Å². The third kappa shape index (κ3) is 3.35. The molecular weight excluding hydrogens is 398 g/mol. The summed E-state index contributed by atoms with van der Waals surface area (Å²) in [4.78, 5) is 38.1. The van der Waals surface area contributed by atoms with Crippen molar-refractivity contribution in [3.05, 3.63) is 57.6 Å². The molecule has 2 N–H and O–H groups in total. The number of nitrogens with one attached hydrogen (secondary N) is 2. The Labute approximate surface area is 159 Å². The highest BCUT2D eigenvalue weighted by atomic mass is 79.9. The van der Waals surface area contributed by atoms with Crippen molar-refractivity contribution >= 4 is 45.2 Å². The summed E-state index contributed by atoms with van der Waals surface area (Å²) in [6.45, 7) is 5.50. The maximum Gasteiger partial charge on any atom is 0.323 e. The van der Waals surface area contributed by atoms with Gasteiger partial charge in [-0.25, -0.2) is 4.79 Å². The number of amides is 4. The molecule has 2 aromatic carbocycles. The van der Waals surface area contributed by atoms with Crippen LogP contribution in [0, 0.1) is 6.92 Å². The number of rotatable bonds is 3. The molecule has 0 saturated heterocycles. The molecule has 2 aromatic rings. The number of hydrogen-bond donors (Lipinski definition) is 2. The van der Waals surface area contributed by atoms with E-state index in [4.69, 9.17) is 0 Å². The lowest BCUT2D eigenvalue weighted by Crippen LogP contribution is -2.35. The molecule has 0 saturated carbocycles. The van der Waals surface area contributed by atoms with E-state index in [-0.39, 0.29) is 17.9 Å². The summed E-state index contributed by atoms with van der Waals surface area (Å²) >= 11 is 3.41. The molecule has 1 aliphatic rings. The van der Waals surface area contributed by atoms with Crippen LogP contribution in [-0.2, 0) is 0 Å². The van der Waals surface area contributed by atoms with Crippen LogP contribution in [0.1, 0.15) is 40.1 Å². The predicted octanol–water partition coefficient (Wildman–Crippen LogP) is 4.41. The zero-order valence-electron chi connectivity index (χ0n) is 14.6. The number of carbonyl (C=O) groups excluding carboxylic acids is 3. The molecule has 0 radical (unpaired) electrons. The van der Waals surface area contributed by atoms with E-state index in [1.807, 2.05) is 19.1 Å². The number of benzene rings is 2. The summed E-state index contributed by atoms with van der Waals surface area (Å²) in [5, 5.41) is 5.43. The van der Waals surface area contributed by atoms with Gasteiger partial charge in [0, 0.05) is 21.9 Å². The van der Waals surface area contributed by atoms with Crippen molar-refractivity contribution in [1.82, 2.24) is 4.90 Å². The Morgan fingerprint density at radius 1 is 0.962 bits per heavy atom. The minimum absolute atomic E-state index is 0.220. The molecular formula is C19H18BrN3O3. The van der Waals surface area contributed by atoms with Crippen LogP contribution in [-0.4, -0.2) is 28.8 Å². The van der Waals surface area contributed by atoms with Crippen LogP contribution in [0.25, 0.3) is 0 Å². The van der Waals surface area contributed by atoms with Gasteiger partial charge in [-0.15, -0.1) is 0 Å². The molecule has 0 aromatic heterocycles. The minimum Gasteiger partial charge on any atom is -0.308 e. The molecule has 3 rings (SSSR count). The van der Waals surface area contributed by atoms with Crippen molar-refractivity contribution in [2.45, 2.75) is 26.8 Å². The number of halogens is 1. The Bertz CT molecular complexity index is 924. The minimum atomic E-state index is -0.427. The van der Waals surface area contributed by atoms with Gasteiger partial charge in [-0.05, 0) is 62.7 Å². The van der Waals surface area contributed by atoms with E-state index in [0.717, 1.165) is 10.0 Å². The highest BCUT2D eigenvalue weighted by Gasteiger charge is 2.37. The lowest BCUT2D eigenvalue weighted by Gasteiger charge is -2.17. The van der Waals surface area contributed by atoms with Crippen molar-refractivity contribution in [3.63, 3.8) is 0 Å². The van der Waals surface area contributed by atoms with Gasteiger partial charge in [-0.1, -0.05) is 15.9 Å². The first kappa shape index (κ1) is 18.1. The maximum atomic E-state index is 12.4. The molecule has 0 fully saturated rings. The monoisotopic (exact) mass is 415 g/mol. The van der Waals surface area contributed by atoms with Crippen molar-refractivity contribution < 1.29 is 14.4 Å². The highest BCUT2D eigenvalue weighted by molar-refractivity contribution is 9.10. The van der Waals surface area contributed by atoms with Gasteiger partial charge in [0.05, 0.1) is 11.1 Å². The fourth-order valence-corrected chi connectivity index (χ4v) is 3.07. The SMILES string of the molecule is Cc1cc(NC(=O)Nc2ccc3c(c2)C(=O)N(C(C)C)C3=O)ccc1Br. The first-order chi connectivity index (χ1) is 12.3. The second kappa shape index (κ2) is 6.92. The van der Waals surface area contributed by atoms with E-state index in [1.54, 1.807) is 32.0 Å². The van der Waals surface area contributed by atoms with Gasteiger partial charge in [-0.3, -0.25) is 14.5 Å². The topological polar surface area (TPSA) is 78.5 Å². The quantitative estimate of drug-likeness (QED) is 0.728. The van der Waals surface area contributed by atoms with Crippen LogP contribution in [0.15, 0.2) is 40.9 Å². The number of urea groups is 1. The fourth-order valence-electron chi connectivity index (χ4n) is 2.82. The van der Waals surface area contributed by atoms with E-state index >= 15 is 0 Å². The Morgan fingerprint density at radius 2 is 1.54 bits per heavy atom. The van der Waals surface area contributed by atoms with Gasteiger partial charge in [0.15, 0.2) is 0 Å². The smallest absolute Gasteiger partial charge is 0.308 e. The molecule has 4 amide bonds. The Balaban J connectivity index is 1.76. The average molecular weight is 416 g/mol. The van der Waals surface area contributed by atoms with Gasteiger partial charge >= 0.3 is 6.03 Å². The van der Waals surface area contributed by atoms with Crippen LogP contribution in [0.4, 0.5) is 16.2 Å². The average Bonchev–Trinajstić information content (AvgIpc) is 2.82. The van der Waals surface area contributed by atoms with Gasteiger partial charge in [-0.2, -0.15) is 0 Å². The second-order valence-corrected chi connectivity index (χ2v) is 7.23. The third-order valence-electron chi connectivity index (χ3n) is 4.11. The molecule has 1 aliphatic heterocycles. The Hall–Kier alpha value is -2.67. The molecule has 0 unspecified atom stereocenters. The van der Waals surface area contributed by atoms with Crippen molar-refractivity contribution in [1.29, 1.82) is 0 Å². The van der Waals surface area contributed by atoms with Crippen molar-refractivity contribution in [3.8, 4) is 0 Å². The van der Waals surface area contributed by atoms with E-state index in [9.17, 15) is 14.4 Å². The highest BCUT2D eigenvalue weighted by Crippen LogP contribution is 2.27.